The number of benzene rings is 1. The number of halogens is 2. The second-order valence-corrected chi connectivity index (χ2v) is 2.63. The molecule has 3 heteroatoms. The maximum Gasteiger partial charge on any atom is 0.126 e. The molecule has 0 fully saturated rings. The molecule has 0 saturated carbocycles. The molecule has 0 aliphatic rings. The van der Waals surface area contributed by atoms with Gasteiger partial charge in [-0.15, -0.1) is 0 Å². The summed E-state index contributed by atoms with van der Waals surface area (Å²) in [4.78, 5) is 0. The lowest BCUT2D eigenvalue weighted by molar-refractivity contribution is 0.173. The quantitative estimate of drug-likeness (QED) is 0.726. The lowest BCUT2D eigenvalue weighted by atomic mass is 10.1. The molecule has 1 aromatic carbocycles. The Hall–Kier alpha value is -0.960. The highest BCUT2D eigenvalue weighted by Gasteiger charge is 2.07. The number of hydrogen-bond acceptors (Lipinski definition) is 1. The van der Waals surface area contributed by atoms with Crippen molar-refractivity contribution >= 4 is 0 Å². The number of rotatable bonds is 2. The molecule has 1 N–H and O–H groups in total. The van der Waals surface area contributed by atoms with Gasteiger partial charge in [0.2, 0.25) is 0 Å². The normalized spacial score (nSPS) is 13.0. The van der Waals surface area contributed by atoms with Crippen LogP contribution >= 0.6 is 0 Å². The Morgan fingerprint density at radius 2 is 1.75 bits per heavy atom. The summed E-state index contributed by atoms with van der Waals surface area (Å²) in [5, 5.41) is 9.24. The smallest absolute Gasteiger partial charge is 0.126 e. The summed E-state index contributed by atoms with van der Waals surface area (Å²) in [6.07, 6.45) is -0.335. The van der Waals surface area contributed by atoms with Gasteiger partial charge in [-0.2, -0.15) is 0 Å². The maximum absolute atomic E-state index is 12.6. The monoisotopic (exact) mass is 172 g/mol. The zero-order valence-electron chi connectivity index (χ0n) is 6.72. The lowest BCUT2D eigenvalue weighted by Crippen LogP contribution is -1.96. The van der Waals surface area contributed by atoms with Crippen LogP contribution in [0.4, 0.5) is 8.78 Å². The van der Waals surface area contributed by atoms with E-state index in [9.17, 15) is 13.9 Å². The fourth-order valence-corrected chi connectivity index (χ4v) is 1.00. The van der Waals surface area contributed by atoms with Gasteiger partial charge in [0.1, 0.15) is 11.6 Å². The van der Waals surface area contributed by atoms with Crippen molar-refractivity contribution < 1.29 is 13.9 Å². The Morgan fingerprint density at radius 1 is 1.25 bits per heavy atom. The van der Waals surface area contributed by atoms with E-state index in [0.29, 0.717) is 6.42 Å². The van der Waals surface area contributed by atoms with E-state index in [-0.39, 0.29) is 5.56 Å². The number of hydrogen-bond donors (Lipinski definition) is 1. The highest BCUT2D eigenvalue weighted by atomic mass is 19.1. The summed E-state index contributed by atoms with van der Waals surface area (Å²) < 4.78 is 25.1. The molecule has 0 amide bonds. The van der Waals surface area contributed by atoms with E-state index < -0.39 is 17.7 Å². The van der Waals surface area contributed by atoms with Gasteiger partial charge in [0.15, 0.2) is 0 Å². The molecular formula is C9H10F2O. The van der Waals surface area contributed by atoms with Crippen LogP contribution in [0.5, 0.6) is 0 Å². The molecule has 0 aliphatic carbocycles. The summed E-state index contributed by atoms with van der Waals surface area (Å²) >= 11 is 0. The average molecular weight is 172 g/mol. The van der Waals surface area contributed by atoms with Gasteiger partial charge in [0.05, 0.1) is 6.10 Å². The van der Waals surface area contributed by atoms with E-state index in [1.807, 2.05) is 0 Å². The third-order valence-electron chi connectivity index (χ3n) is 1.66. The Balaban J connectivity index is 3.00. The molecule has 0 unspecified atom stereocenters. The molecule has 1 rings (SSSR count). The molecule has 0 radical (unpaired) electrons. The van der Waals surface area contributed by atoms with Crippen molar-refractivity contribution in [2.24, 2.45) is 0 Å². The second-order valence-electron chi connectivity index (χ2n) is 2.63. The SMILES string of the molecule is CC[C@@H](O)c1cc(F)cc(F)c1. The molecule has 0 saturated heterocycles. The van der Waals surface area contributed by atoms with Crippen LogP contribution < -0.4 is 0 Å². The minimum atomic E-state index is -0.782. The van der Waals surface area contributed by atoms with Crippen molar-refractivity contribution in [2.75, 3.05) is 0 Å². The molecule has 0 bridgehead atoms. The molecule has 0 spiro atoms. The van der Waals surface area contributed by atoms with Crippen LogP contribution in [-0.2, 0) is 0 Å². The zero-order valence-corrected chi connectivity index (χ0v) is 6.72. The third-order valence-corrected chi connectivity index (χ3v) is 1.66. The van der Waals surface area contributed by atoms with Gasteiger partial charge in [-0.25, -0.2) is 8.78 Å². The summed E-state index contributed by atoms with van der Waals surface area (Å²) in [6.45, 7) is 1.74. The van der Waals surface area contributed by atoms with Gasteiger partial charge in [-0.3, -0.25) is 0 Å². The van der Waals surface area contributed by atoms with Crippen LogP contribution in [0.1, 0.15) is 25.0 Å². The van der Waals surface area contributed by atoms with E-state index in [4.69, 9.17) is 0 Å². The van der Waals surface area contributed by atoms with Crippen molar-refractivity contribution in [3.8, 4) is 0 Å². The highest BCUT2D eigenvalue weighted by molar-refractivity contribution is 5.19. The van der Waals surface area contributed by atoms with Gasteiger partial charge >= 0.3 is 0 Å². The van der Waals surface area contributed by atoms with Crippen LogP contribution in [0.25, 0.3) is 0 Å². The van der Waals surface area contributed by atoms with Gasteiger partial charge in [0.25, 0.3) is 0 Å². The van der Waals surface area contributed by atoms with Crippen molar-refractivity contribution in [2.45, 2.75) is 19.4 Å². The van der Waals surface area contributed by atoms with Crippen molar-refractivity contribution in [3.05, 3.63) is 35.4 Å². The second kappa shape index (κ2) is 3.63. The van der Waals surface area contributed by atoms with Crippen LogP contribution in [0, 0.1) is 11.6 Å². The van der Waals surface area contributed by atoms with Crippen LogP contribution in [-0.4, -0.2) is 5.11 Å². The Bertz CT molecular complexity index is 253. The lowest BCUT2D eigenvalue weighted by Gasteiger charge is -2.07. The predicted molar refractivity (Wildman–Crippen MR) is 41.6 cm³/mol. The predicted octanol–water partition coefficient (Wildman–Crippen LogP) is 2.41. The summed E-state index contributed by atoms with van der Waals surface area (Å²) in [6, 6.07) is 3.06. The third kappa shape index (κ3) is 2.01. The Morgan fingerprint density at radius 3 is 2.17 bits per heavy atom. The van der Waals surface area contributed by atoms with Crippen molar-refractivity contribution in [1.82, 2.24) is 0 Å². The maximum atomic E-state index is 12.6. The van der Waals surface area contributed by atoms with E-state index in [1.54, 1.807) is 6.92 Å². The molecule has 66 valence electrons. The molecule has 0 aliphatic heterocycles. The number of aliphatic hydroxyl groups excluding tert-OH is 1. The molecule has 12 heavy (non-hydrogen) atoms. The molecule has 1 nitrogen and oxygen atoms in total. The van der Waals surface area contributed by atoms with Crippen LogP contribution in [0.3, 0.4) is 0 Å². The summed E-state index contributed by atoms with van der Waals surface area (Å²) in [5.41, 5.74) is 0.287. The fraction of sp³-hybridized carbons (Fsp3) is 0.333. The minimum absolute atomic E-state index is 0.287. The Labute approximate surface area is 69.7 Å². The molecule has 1 atom stereocenters. The van der Waals surface area contributed by atoms with E-state index in [1.165, 1.54) is 0 Å². The molecule has 1 aromatic rings. The first-order valence-corrected chi connectivity index (χ1v) is 3.77. The first-order valence-electron chi connectivity index (χ1n) is 3.77. The van der Waals surface area contributed by atoms with Gasteiger partial charge < -0.3 is 5.11 Å². The largest absolute Gasteiger partial charge is 0.388 e. The van der Waals surface area contributed by atoms with Crippen LogP contribution in [0.2, 0.25) is 0 Å². The summed E-state index contributed by atoms with van der Waals surface area (Å²) in [7, 11) is 0. The highest BCUT2D eigenvalue weighted by Crippen LogP contribution is 2.18. The number of aliphatic hydroxyl groups is 1. The average Bonchev–Trinajstić information content (AvgIpc) is 2.01. The standard InChI is InChI=1S/C9H10F2O/c1-2-9(12)6-3-7(10)5-8(11)4-6/h3-5,9,12H,2H2,1H3/t9-/m1/s1. The van der Waals surface area contributed by atoms with Gasteiger partial charge in [-0.05, 0) is 24.1 Å². The van der Waals surface area contributed by atoms with Crippen molar-refractivity contribution in [1.29, 1.82) is 0 Å². The van der Waals surface area contributed by atoms with E-state index in [0.717, 1.165) is 18.2 Å². The first-order chi connectivity index (χ1) is 5.63. The van der Waals surface area contributed by atoms with Gasteiger partial charge in [0, 0.05) is 6.07 Å². The molecule has 0 heterocycles. The molecular weight excluding hydrogens is 162 g/mol. The Kier molecular flexibility index (Phi) is 2.76. The molecule has 0 aromatic heterocycles. The fourth-order valence-electron chi connectivity index (χ4n) is 1.00. The van der Waals surface area contributed by atoms with E-state index in [2.05, 4.69) is 0 Å². The van der Waals surface area contributed by atoms with Crippen LogP contribution in [0.15, 0.2) is 18.2 Å². The summed E-state index contributed by atoms with van der Waals surface area (Å²) in [5.74, 6) is -1.31. The minimum Gasteiger partial charge on any atom is -0.388 e. The van der Waals surface area contributed by atoms with Gasteiger partial charge in [-0.1, -0.05) is 6.92 Å². The first kappa shape index (κ1) is 9.13. The van der Waals surface area contributed by atoms with E-state index >= 15 is 0 Å². The topological polar surface area (TPSA) is 20.2 Å². The zero-order chi connectivity index (χ0) is 9.14. The van der Waals surface area contributed by atoms with Crippen molar-refractivity contribution in [3.63, 3.8) is 0 Å².